The van der Waals surface area contributed by atoms with Crippen LogP contribution in [0.25, 0.3) is 28.3 Å². The van der Waals surface area contributed by atoms with Crippen LogP contribution in [0.4, 0.5) is 4.39 Å². The van der Waals surface area contributed by atoms with Crippen molar-refractivity contribution in [2.75, 3.05) is 7.11 Å². The van der Waals surface area contributed by atoms with Crippen LogP contribution in [0, 0.1) is 19.7 Å². The Morgan fingerprint density at radius 3 is 2.51 bits per heavy atom. The number of halogens is 1. The zero-order valence-corrected chi connectivity index (χ0v) is 20.7. The number of aromatic nitrogens is 3. The van der Waals surface area contributed by atoms with E-state index in [9.17, 15) is 9.18 Å². The normalized spacial score (nSPS) is 10.9. The summed E-state index contributed by atoms with van der Waals surface area (Å²) in [4.78, 5) is 12.9. The number of para-hydroxylation sites is 1. The Bertz CT molecular complexity index is 1570. The Hall–Kier alpha value is -4.72. The molecule has 2 aromatic heterocycles. The summed E-state index contributed by atoms with van der Waals surface area (Å²) in [6.45, 7) is 4.21. The quantitative estimate of drug-likeness (QED) is 0.304. The van der Waals surface area contributed by atoms with Gasteiger partial charge in [-0.25, -0.2) is 9.07 Å². The van der Waals surface area contributed by atoms with Gasteiger partial charge in [0.1, 0.15) is 0 Å². The lowest BCUT2D eigenvalue weighted by Gasteiger charge is -2.06. The number of carbonyl (C=O) groups is 1. The highest BCUT2D eigenvalue weighted by atomic mass is 19.1. The zero-order chi connectivity index (χ0) is 25.9. The molecule has 5 aromatic rings. The molecule has 0 bridgehead atoms. The molecule has 0 aliphatic carbocycles. The van der Waals surface area contributed by atoms with E-state index in [0.29, 0.717) is 22.6 Å². The number of benzene rings is 3. The number of ether oxygens (including phenoxy) is 1. The summed E-state index contributed by atoms with van der Waals surface area (Å²) in [7, 11) is 1.42. The summed E-state index contributed by atoms with van der Waals surface area (Å²) in [5.74, 6) is -0.227. The van der Waals surface area contributed by atoms with Crippen molar-refractivity contribution in [3.05, 3.63) is 107 Å². The van der Waals surface area contributed by atoms with E-state index in [4.69, 9.17) is 9.26 Å². The summed E-state index contributed by atoms with van der Waals surface area (Å²) >= 11 is 0. The van der Waals surface area contributed by atoms with Gasteiger partial charge < -0.3 is 14.6 Å². The molecule has 0 aliphatic rings. The molecular weight excluding hydrogens is 471 g/mol. The van der Waals surface area contributed by atoms with Gasteiger partial charge in [0.25, 0.3) is 5.91 Å². The number of aryl methyl sites for hydroxylation is 2. The third kappa shape index (κ3) is 4.99. The summed E-state index contributed by atoms with van der Waals surface area (Å²) < 4.78 is 26.6. The molecule has 186 valence electrons. The molecule has 0 saturated carbocycles. The number of nitrogens with zero attached hydrogens (tertiary/aromatic N) is 3. The van der Waals surface area contributed by atoms with Crippen LogP contribution in [-0.2, 0) is 6.54 Å². The lowest BCUT2D eigenvalue weighted by atomic mass is 10.0. The van der Waals surface area contributed by atoms with Crippen LogP contribution in [-0.4, -0.2) is 28.0 Å². The molecule has 0 unspecified atom stereocenters. The average Bonchev–Trinajstić information content (AvgIpc) is 3.57. The van der Waals surface area contributed by atoms with Crippen LogP contribution >= 0.6 is 0 Å². The number of hydrogen-bond acceptors (Lipinski definition) is 5. The molecule has 2 heterocycles. The third-order valence-corrected chi connectivity index (χ3v) is 6.21. The highest BCUT2D eigenvalue weighted by Crippen LogP contribution is 2.28. The molecule has 1 amide bonds. The van der Waals surface area contributed by atoms with Gasteiger partial charge in [-0.1, -0.05) is 35.5 Å². The maximum Gasteiger partial charge on any atom is 0.273 e. The first-order valence-electron chi connectivity index (χ1n) is 11.7. The number of hydrogen-bond donors (Lipinski definition) is 1. The fourth-order valence-electron chi connectivity index (χ4n) is 3.99. The van der Waals surface area contributed by atoms with E-state index in [2.05, 4.69) is 15.6 Å². The summed E-state index contributed by atoms with van der Waals surface area (Å²) in [6, 6.07) is 21.8. The van der Waals surface area contributed by atoms with Crippen molar-refractivity contribution in [2.45, 2.75) is 20.4 Å². The van der Waals surface area contributed by atoms with E-state index >= 15 is 0 Å². The van der Waals surface area contributed by atoms with Crippen LogP contribution in [0.1, 0.15) is 27.2 Å². The number of amides is 1. The Morgan fingerprint density at radius 1 is 1.00 bits per heavy atom. The molecule has 7 nitrogen and oxygen atoms in total. The van der Waals surface area contributed by atoms with E-state index in [1.165, 1.54) is 18.7 Å². The summed E-state index contributed by atoms with van der Waals surface area (Å²) in [5.41, 5.74) is 5.97. The first kappa shape index (κ1) is 24.0. The first-order valence-corrected chi connectivity index (χ1v) is 11.7. The molecular formula is C29H25FN4O3. The number of nitrogens with one attached hydrogen (secondary N) is 1. The van der Waals surface area contributed by atoms with Crippen molar-refractivity contribution in [3.63, 3.8) is 0 Å². The average molecular weight is 497 g/mol. The fourth-order valence-corrected chi connectivity index (χ4v) is 3.99. The van der Waals surface area contributed by atoms with Crippen LogP contribution in [0.15, 0.2) is 83.5 Å². The van der Waals surface area contributed by atoms with Gasteiger partial charge in [-0.2, -0.15) is 5.10 Å². The second kappa shape index (κ2) is 10.1. The highest BCUT2D eigenvalue weighted by Gasteiger charge is 2.18. The number of methoxy groups -OCH3 is 1. The van der Waals surface area contributed by atoms with Gasteiger partial charge >= 0.3 is 0 Å². The molecule has 0 radical (unpaired) electrons. The lowest BCUT2D eigenvalue weighted by molar-refractivity contribution is 0.0942. The van der Waals surface area contributed by atoms with Crippen molar-refractivity contribution in [1.29, 1.82) is 0 Å². The van der Waals surface area contributed by atoms with Gasteiger partial charge in [-0.3, -0.25) is 4.79 Å². The lowest BCUT2D eigenvalue weighted by Crippen LogP contribution is -2.23. The molecule has 0 saturated heterocycles. The van der Waals surface area contributed by atoms with Gasteiger partial charge in [0.15, 0.2) is 23.0 Å². The minimum Gasteiger partial charge on any atom is -0.494 e. The largest absolute Gasteiger partial charge is 0.494 e. The standard InChI is InChI=1S/C29H25FN4O3/c1-18-9-10-20(13-19(18)2)27-15-25(33-37-27)29(35)31-16-22-17-34(23-7-5-4-6-8-23)32-28(22)21-11-12-26(36-3)24(30)14-21/h4-15,17H,16H2,1-3H3,(H,31,35). The fraction of sp³-hybridized carbons (Fsp3) is 0.138. The Balaban J connectivity index is 1.40. The maximum atomic E-state index is 14.5. The molecule has 5 rings (SSSR count). The van der Waals surface area contributed by atoms with Crippen LogP contribution in [0.2, 0.25) is 0 Å². The van der Waals surface area contributed by atoms with Gasteiger partial charge in [0.2, 0.25) is 0 Å². The van der Waals surface area contributed by atoms with E-state index in [-0.39, 0.29) is 18.0 Å². The van der Waals surface area contributed by atoms with Crippen LogP contribution < -0.4 is 10.1 Å². The van der Waals surface area contributed by atoms with Crippen molar-refractivity contribution in [2.24, 2.45) is 0 Å². The third-order valence-electron chi connectivity index (χ3n) is 6.21. The predicted molar refractivity (Wildman–Crippen MR) is 138 cm³/mol. The second-order valence-electron chi connectivity index (χ2n) is 8.69. The molecule has 0 spiro atoms. The first-order chi connectivity index (χ1) is 17.9. The predicted octanol–water partition coefficient (Wildman–Crippen LogP) is 5.89. The Labute approximate surface area is 213 Å². The van der Waals surface area contributed by atoms with Crippen molar-refractivity contribution in [1.82, 2.24) is 20.3 Å². The maximum absolute atomic E-state index is 14.5. The smallest absolute Gasteiger partial charge is 0.273 e. The molecule has 1 N–H and O–H groups in total. The van der Waals surface area contributed by atoms with Gasteiger partial charge in [-0.05, 0) is 61.4 Å². The minimum atomic E-state index is -0.495. The SMILES string of the molecule is COc1ccc(-c2nn(-c3ccccc3)cc2CNC(=O)c2cc(-c3ccc(C)c(C)c3)on2)cc1F. The Morgan fingerprint density at radius 2 is 1.78 bits per heavy atom. The molecule has 0 atom stereocenters. The molecule has 0 aliphatic heterocycles. The number of carbonyl (C=O) groups excluding carboxylic acids is 1. The van der Waals surface area contributed by atoms with E-state index in [1.54, 1.807) is 22.9 Å². The summed E-state index contributed by atoms with van der Waals surface area (Å²) in [6.07, 6.45) is 1.82. The summed E-state index contributed by atoms with van der Waals surface area (Å²) in [5, 5.41) is 11.5. The molecule has 3 aromatic carbocycles. The van der Waals surface area contributed by atoms with Crippen molar-refractivity contribution < 1.29 is 18.4 Å². The van der Waals surface area contributed by atoms with Crippen LogP contribution in [0.5, 0.6) is 5.75 Å². The van der Waals surface area contributed by atoms with E-state index in [0.717, 1.165) is 16.8 Å². The zero-order valence-electron chi connectivity index (χ0n) is 20.7. The van der Waals surface area contributed by atoms with E-state index in [1.807, 2.05) is 68.6 Å². The topological polar surface area (TPSA) is 82.2 Å². The highest BCUT2D eigenvalue weighted by molar-refractivity contribution is 5.93. The van der Waals surface area contributed by atoms with Crippen LogP contribution in [0.3, 0.4) is 0 Å². The van der Waals surface area contributed by atoms with Crippen molar-refractivity contribution >= 4 is 5.91 Å². The van der Waals surface area contributed by atoms with E-state index < -0.39 is 11.7 Å². The molecule has 37 heavy (non-hydrogen) atoms. The van der Waals surface area contributed by atoms with Gasteiger partial charge in [0.05, 0.1) is 18.5 Å². The minimum absolute atomic E-state index is 0.145. The van der Waals surface area contributed by atoms with Crippen molar-refractivity contribution in [3.8, 4) is 34.0 Å². The monoisotopic (exact) mass is 496 g/mol. The number of rotatable bonds is 7. The molecule has 8 heteroatoms. The van der Waals surface area contributed by atoms with Gasteiger partial charge in [0, 0.05) is 35.5 Å². The second-order valence-corrected chi connectivity index (χ2v) is 8.69. The molecule has 0 fully saturated rings. The Kier molecular flexibility index (Phi) is 6.55. The van der Waals surface area contributed by atoms with Gasteiger partial charge in [-0.15, -0.1) is 0 Å².